The Bertz CT molecular complexity index is 375. The lowest BCUT2D eigenvalue weighted by atomic mass is 10.1. The first-order chi connectivity index (χ1) is 8.19. The quantitative estimate of drug-likeness (QED) is 0.825. The Morgan fingerprint density at radius 1 is 1.41 bits per heavy atom. The minimum absolute atomic E-state index is 0.151. The smallest absolute Gasteiger partial charge is 0.224 e. The monoisotopic (exact) mass is 236 g/mol. The summed E-state index contributed by atoms with van der Waals surface area (Å²) in [5, 5.41) is 12.6. The van der Waals surface area contributed by atoms with Crippen molar-refractivity contribution in [3.05, 3.63) is 11.8 Å². The van der Waals surface area contributed by atoms with Crippen LogP contribution in [0.1, 0.15) is 25.5 Å². The highest BCUT2D eigenvalue weighted by atomic mass is 16.3. The molecule has 2 rings (SSSR count). The second-order valence-electron chi connectivity index (χ2n) is 4.44. The maximum Gasteiger partial charge on any atom is 0.224 e. The molecule has 0 atom stereocenters. The standard InChI is InChI=1S/C12H20N4O/c1-3-13-12-14-9(2)8-11(15-12)16-6-4-10(17)5-7-16/h8,10,17H,3-7H2,1-2H3,(H,13,14,15). The first-order valence-corrected chi connectivity index (χ1v) is 6.21. The predicted octanol–water partition coefficient (Wildman–Crippen LogP) is 1.18. The number of rotatable bonds is 3. The summed E-state index contributed by atoms with van der Waals surface area (Å²) >= 11 is 0. The first-order valence-electron chi connectivity index (χ1n) is 6.21. The topological polar surface area (TPSA) is 61.3 Å². The van der Waals surface area contributed by atoms with Crippen LogP contribution in [0.4, 0.5) is 11.8 Å². The van der Waals surface area contributed by atoms with E-state index in [1.54, 1.807) is 0 Å². The highest BCUT2D eigenvalue weighted by Gasteiger charge is 2.18. The Labute approximate surface area is 102 Å². The van der Waals surface area contributed by atoms with Crippen LogP contribution in [0, 0.1) is 6.92 Å². The Morgan fingerprint density at radius 3 is 2.76 bits per heavy atom. The summed E-state index contributed by atoms with van der Waals surface area (Å²) in [6.45, 7) is 6.56. The van der Waals surface area contributed by atoms with E-state index in [9.17, 15) is 5.11 Å². The molecular formula is C12H20N4O. The van der Waals surface area contributed by atoms with Crippen molar-refractivity contribution in [2.45, 2.75) is 32.8 Å². The zero-order valence-corrected chi connectivity index (χ0v) is 10.5. The minimum Gasteiger partial charge on any atom is -0.393 e. The summed E-state index contributed by atoms with van der Waals surface area (Å²) < 4.78 is 0. The fourth-order valence-corrected chi connectivity index (χ4v) is 2.05. The van der Waals surface area contributed by atoms with Crippen molar-refractivity contribution in [1.82, 2.24) is 9.97 Å². The molecule has 2 N–H and O–H groups in total. The van der Waals surface area contributed by atoms with E-state index in [1.807, 2.05) is 19.9 Å². The number of hydrogen-bond donors (Lipinski definition) is 2. The fourth-order valence-electron chi connectivity index (χ4n) is 2.05. The normalized spacial score (nSPS) is 17.2. The number of aliphatic hydroxyl groups excluding tert-OH is 1. The molecule has 5 heteroatoms. The highest BCUT2D eigenvalue weighted by molar-refractivity contribution is 5.45. The van der Waals surface area contributed by atoms with Crippen molar-refractivity contribution in [2.75, 3.05) is 29.9 Å². The number of anilines is 2. The summed E-state index contributed by atoms with van der Waals surface area (Å²) in [6.07, 6.45) is 1.49. The molecule has 5 nitrogen and oxygen atoms in total. The molecule has 1 aromatic heterocycles. The van der Waals surface area contributed by atoms with Gasteiger partial charge in [-0.3, -0.25) is 0 Å². The third kappa shape index (κ3) is 3.06. The van der Waals surface area contributed by atoms with E-state index < -0.39 is 0 Å². The van der Waals surface area contributed by atoms with Crippen LogP contribution in [0.15, 0.2) is 6.07 Å². The van der Waals surface area contributed by atoms with Crippen LogP contribution >= 0.6 is 0 Å². The van der Waals surface area contributed by atoms with Crippen LogP contribution in [0.2, 0.25) is 0 Å². The lowest BCUT2D eigenvalue weighted by Crippen LogP contribution is -2.36. The number of aromatic nitrogens is 2. The van der Waals surface area contributed by atoms with Gasteiger partial charge in [0, 0.05) is 31.4 Å². The molecule has 0 bridgehead atoms. The summed E-state index contributed by atoms with van der Waals surface area (Å²) in [5.41, 5.74) is 0.970. The molecule has 0 radical (unpaired) electrons. The summed E-state index contributed by atoms with van der Waals surface area (Å²) in [5.74, 6) is 1.65. The second kappa shape index (κ2) is 5.31. The molecule has 1 fully saturated rings. The Morgan fingerprint density at radius 2 is 2.12 bits per heavy atom. The van der Waals surface area contributed by atoms with Gasteiger partial charge in [-0.15, -0.1) is 0 Å². The van der Waals surface area contributed by atoms with Gasteiger partial charge in [-0.25, -0.2) is 4.98 Å². The van der Waals surface area contributed by atoms with Gasteiger partial charge in [0.1, 0.15) is 5.82 Å². The Hall–Kier alpha value is -1.36. The average molecular weight is 236 g/mol. The van der Waals surface area contributed by atoms with Crippen molar-refractivity contribution in [1.29, 1.82) is 0 Å². The zero-order chi connectivity index (χ0) is 12.3. The highest BCUT2D eigenvalue weighted by Crippen LogP contribution is 2.19. The van der Waals surface area contributed by atoms with Crippen molar-refractivity contribution in [3.8, 4) is 0 Å². The molecule has 1 aliphatic rings. The number of piperidine rings is 1. The van der Waals surface area contributed by atoms with Crippen LogP contribution in [-0.2, 0) is 0 Å². The average Bonchev–Trinajstić information content (AvgIpc) is 2.29. The van der Waals surface area contributed by atoms with Crippen LogP contribution in [-0.4, -0.2) is 40.8 Å². The molecule has 0 aromatic carbocycles. The van der Waals surface area contributed by atoms with Crippen LogP contribution in [0.25, 0.3) is 0 Å². The van der Waals surface area contributed by atoms with Crippen LogP contribution in [0.3, 0.4) is 0 Å². The second-order valence-corrected chi connectivity index (χ2v) is 4.44. The molecule has 0 unspecified atom stereocenters. The number of nitrogens with zero attached hydrogens (tertiary/aromatic N) is 3. The molecule has 0 spiro atoms. The van der Waals surface area contributed by atoms with Crippen molar-refractivity contribution in [2.24, 2.45) is 0 Å². The number of hydrogen-bond acceptors (Lipinski definition) is 5. The molecule has 1 aliphatic heterocycles. The van der Waals surface area contributed by atoms with Gasteiger partial charge in [0.15, 0.2) is 0 Å². The molecule has 0 aliphatic carbocycles. The van der Waals surface area contributed by atoms with E-state index in [1.165, 1.54) is 0 Å². The van der Waals surface area contributed by atoms with E-state index in [4.69, 9.17) is 0 Å². The van der Waals surface area contributed by atoms with Crippen LogP contribution in [0.5, 0.6) is 0 Å². The Balaban J connectivity index is 2.14. The largest absolute Gasteiger partial charge is 0.393 e. The lowest BCUT2D eigenvalue weighted by Gasteiger charge is -2.30. The van der Waals surface area contributed by atoms with Crippen molar-refractivity contribution >= 4 is 11.8 Å². The fraction of sp³-hybridized carbons (Fsp3) is 0.667. The van der Waals surface area contributed by atoms with E-state index in [0.29, 0.717) is 5.95 Å². The van der Waals surface area contributed by atoms with Gasteiger partial charge in [0.2, 0.25) is 5.95 Å². The van der Waals surface area contributed by atoms with E-state index >= 15 is 0 Å². The molecule has 1 saturated heterocycles. The van der Waals surface area contributed by atoms with Gasteiger partial charge in [0.25, 0.3) is 0 Å². The van der Waals surface area contributed by atoms with E-state index in [2.05, 4.69) is 20.2 Å². The maximum absolute atomic E-state index is 9.50. The summed E-state index contributed by atoms with van der Waals surface area (Å²) in [7, 11) is 0. The van der Waals surface area contributed by atoms with Gasteiger partial charge in [0.05, 0.1) is 6.10 Å². The molecule has 1 aromatic rings. The zero-order valence-electron chi connectivity index (χ0n) is 10.5. The summed E-state index contributed by atoms with van der Waals surface area (Å²) in [6, 6.07) is 2.00. The molecule has 0 amide bonds. The van der Waals surface area contributed by atoms with Gasteiger partial charge in [-0.05, 0) is 26.7 Å². The number of aliphatic hydroxyl groups is 1. The molecule has 17 heavy (non-hydrogen) atoms. The maximum atomic E-state index is 9.50. The Kier molecular flexibility index (Phi) is 3.78. The number of aryl methyl sites for hydroxylation is 1. The molecular weight excluding hydrogens is 216 g/mol. The third-order valence-corrected chi connectivity index (χ3v) is 2.96. The third-order valence-electron chi connectivity index (χ3n) is 2.96. The number of nitrogens with one attached hydrogen (secondary N) is 1. The molecule has 0 saturated carbocycles. The van der Waals surface area contributed by atoms with Crippen molar-refractivity contribution in [3.63, 3.8) is 0 Å². The SMILES string of the molecule is CCNc1nc(C)cc(N2CCC(O)CC2)n1. The lowest BCUT2D eigenvalue weighted by molar-refractivity contribution is 0.145. The van der Waals surface area contributed by atoms with Gasteiger partial charge < -0.3 is 15.3 Å². The van der Waals surface area contributed by atoms with Gasteiger partial charge in [-0.2, -0.15) is 4.98 Å². The predicted molar refractivity (Wildman–Crippen MR) is 68.4 cm³/mol. The van der Waals surface area contributed by atoms with E-state index in [-0.39, 0.29) is 6.10 Å². The summed E-state index contributed by atoms with van der Waals surface area (Å²) in [4.78, 5) is 11.0. The first kappa shape index (κ1) is 12.1. The minimum atomic E-state index is -0.151. The van der Waals surface area contributed by atoms with Crippen molar-refractivity contribution < 1.29 is 5.11 Å². The van der Waals surface area contributed by atoms with Crippen LogP contribution < -0.4 is 10.2 Å². The molecule has 2 heterocycles. The van der Waals surface area contributed by atoms with E-state index in [0.717, 1.165) is 44.0 Å². The van der Waals surface area contributed by atoms with Gasteiger partial charge in [-0.1, -0.05) is 0 Å². The van der Waals surface area contributed by atoms with Gasteiger partial charge >= 0.3 is 0 Å². The molecule has 94 valence electrons.